The fourth-order valence-electron chi connectivity index (χ4n) is 3.21. The zero-order valence-corrected chi connectivity index (χ0v) is 20.9. The number of nitrogens with one attached hydrogen (secondary N) is 2. The van der Waals surface area contributed by atoms with Gasteiger partial charge in [-0.1, -0.05) is 39.8 Å². The Balaban J connectivity index is 2.35. The van der Waals surface area contributed by atoms with Crippen LogP contribution in [0.2, 0.25) is 0 Å². The van der Waals surface area contributed by atoms with Crippen LogP contribution in [0.3, 0.4) is 0 Å². The lowest BCUT2D eigenvalue weighted by molar-refractivity contribution is 0.416. The van der Waals surface area contributed by atoms with Gasteiger partial charge in [-0.3, -0.25) is 9.44 Å². The van der Waals surface area contributed by atoms with Gasteiger partial charge < -0.3 is 9.47 Å². The lowest BCUT2D eigenvalue weighted by Crippen LogP contribution is -2.20. The minimum atomic E-state index is -3.50. The minimum absolute atomic E-state index is 0.00326. The van der Waals surface area contributed by atoms with Crippen LogP contribution in [0.15, 0.2) is 36.4 Å². The Labute approximate surface area is 191 Å². The van der Waals surface area contributed by atoms with Crippen LogP contribution in [-0.4, -0.2) is 42.6 Å². The molecule has 0 fully saturated rings. The predicted octanol–water partition coefficient (Wildman–Crippen LogP) is 4.17. The molecule has 0 aliphatic rings. The Morgan fingerprint density at radius 1 is 0.688 bits per heavy atom. The van der Waals surface area contributed by atoms with E-state index < -0.39 is 20.0 Å². The summed E-state index contributed by atoms with van der Waals surface area (Å²) in [5, 5.41) is 0. The first kappa shape index (κ1) is 25.8. The highest BCUT2D eigenvalue weighted by Gasteiger charge is 2.18. The van der Waals surface area contributed by atoms with E-state index in [0.29, 0.717) is 22.9 Å². The molecule has 0 saturated heterocycles. The molecule has 8 nitrogen and oxygen atoms in total. The molecule has 0 heterocycles. The van der Waals surface area contributed by atoms with Gasteiger partial charge in [-0.2, -0.15) is 0 Å². The van der Waals surface area contributed by atoms with Crippen molar-refractivity contribution in [2.45, 2.75) is 27.7 Å². The summed E-state index contributed by atoms with van der Waals surface area (Å²) in [4.78, 5) is 0. The van der Waals surface area contributed by atoms with Gasteiger partial charge in [-0.25, -0.2) is 16.8 Å². The Bertz CT molecular complexity index is 1050. The van der Waals surface area contributed by atoms with Crippen molar-refractivity contribution in [2.75, 3.05) is 35.2 Å². The predicted molar refractivity (Wildman–Crippen MR) is 129 cm³/mol. The minimum Gasteiger partial charge on any atom is -0.495 e. The highest BCUT2D eigenvalue weighted by Crippen LogP contribution is 2.35. The van der Waals surface area contributed by atoms with Gasteiger partial charge in [0, 0.05) is 0 Å². The van der Waals surface area contributed by atoms with Crippen LogP contribution in [0.25, 0.3) is 11.1 Å². The van der Waals surface area contributed by atoms with E-state index in [1.54, 1.807) is 36.4 Å². The van der Waals surface area contributed by atoms with Crippen LogP contribution in [0, 0.1) is 11.8 Å². The molecule has 0 bridgehead atoms. The van der Waals surface area contributed by atoms with E-state index in [4.69, 9.17) is 9.47 Å². The summed E-state index contributed by atoms with van der Waals surface area (Å²) in [6.07, 6.45) is 0. The van der Waals surface area contributed by atoms with Crippen LogP contribution < -0.4 is 18.9 Å². The highest BCUT2D eigenvalue weighted by molar-refractivity contribution is 7.93. The molecule has 32 heavy (non-hydrogen) atoms. The number of sulfonamides is 2. The zero-order chi connectivity index (χ0) is 24.1. The van der Waals surface area contributed by atoms with Crippen molar-refractivity contribution < 1.29 is 26.3 Å². The third kappa shape index (κ3) is 7.30. The van der Waals surface area contributed by atoms with Crippen molar-refractivity contribution in [3.05, 3.63) is 36.4 Å². The second kappa shape index (κ2) is 10.4. The SMILES string of the molecule is COc1cc(-c2ccc(NS(=O)(=O)CC(C)C)c(OC)c2)ccc1NS(=O)(=O)CC(C)C. The van der Waals surface area contributed by atoms with Crippen LogP contribution in [0.4, 0.5) is 11.4 Å². The molecule has 0 amide bonds. The molecule has 0 aliphatic heterocycles. The fourth-order valence-corrected chi connectivity index (χ4v) is 6.14. The lowest BCUT2D eigenvalue weighted by atomic mass is 10.0. The summed E-state index contributed by atoms with van der Waals surface area (Å²) in [5.74, 6) is 0.724. The molecule has 0 aliphatic carbocycles. The molecule has 0 radical (unpaired) electrons. The number of ether oxygens (including phenoxy) is 2. The number of rotatable bonds is 11. The molecule has 0 spiro atoms. The van der Waals surface area contributed by atoms with E-state index in [9.17, 15) is 16.8 Å². The molecule has 2 rings (SSSR count). The topological polar surface area (TPSA) is 111 Å². The highest BCUT2D eigenvalue weighted by atomic mass is 32.2. The zero-order valence-electron chi connectivity index (χ0n) is 19.3. The largest absolute Gasteiger partial charge is 0.495 e. The second-order valence-corrected chi connectivity index (χ2v) is 11.9. The Morgan fingerprint density at radius 2 is 1.03 bits per heavy atom. The van der Waals surface area contributed by atoms with Gasteiger partial charge in [0.2, 0.25) is 20.0 Å². The summed E-state index contributed by atoms with van der Waals surface area (Å²) >= 11 is 0. The molecular weight excluding hydrogens is 452 g/mol. The molecule has 0 aromatic heterocycles. The quantitative estimate of drug-likeness (QED) is 0.495. The van der Waals surface area contributed by atoms with Gasteiger partial charge in [-0.05, 0) is 47.2 Å². The molecule has 2 aromatic carbocycles. The fraction of sp³-hybridized carbons (Fsp3) is 0.455. The normalized spacial score (nSPS) is 12.1. The third-order valence-electron chi connectivity index (χ3n) is 4.37. The van der Waals surface area contributed by atoms with Crippen LogP contribution >= 0.6 is 0 Å². The molecule has 0 saturated carbocycles. The van der Waals surface area contributed by atoms with E-state index in [1.165, 1.54) is 14.2 Å². The standard InChI is InChI=1S/C22H32N2O6S2/c1-15(2)13-31(25,26)23-19-9-7-17(11-21(19)29-5)18-8-10-20(22(12-18)30-6)24-32(27,28)14-16(3)4/h7-12,15-16,23-24H,13-14H2,1-6H3. The van der Waals surface area contributed by atoms with Gasteiger partial charge in [0.1, 0.15) is 11.5 Å². The summed E-state index contributed by atoms with van der Waals surface area (Å²) < 4.78 is 65.1. The monoisotopic (exact) mass is 484 g/mol. The molecular formula is C22H32N2O6S2. The number of benzene rings is 2. The smallest absolute Gasteiger partial charge is 0.233 e. The lowest BCUT2D eigenvalue weighted by Gasteiger charge is -2.16. The summed E-state index contributed by atoms with van der Waals surface area (Å²) in [7, 11) is -4.07. The van der Waals surface area contributed by atoms with Crippen molar-refractivity contribution >= 4 is 31.4 Å². The summed E-state index contributed by atoms with van der Waals surface area (Å²) in [6.45, 7) is 7.33. The maximum Gasteiger partial charge on any atom is 0.233 e. The first-order valence-corrected chi connectivity index (χ1v) is 13.5. The molecule has 2 N–H and O–H groups in total. The maximum atomic E-state index is 12.3. The number of methoxy groups -OCH3 is 2. The Kier molecular flexibility index (Phi) is 8.41. The Morgan fingerprint density at radius 3 is 1.31 bits per heavy atom. The van der Waals surface area contributed by atoms with Crippen molar-refractivity contribution in [1.82, 2.24) is 0 Å². The van der Waals surface area contributed by atoms with Crippen molar-refractivity contribution in [1.29, 1.82) is 0 Å². The first-order valence-electron chi connectivity index (χ1n) is 10.2. The number of anilines is 2. The molecule has 178 valence electrons. The van der Waals surface area contributed by atoms with Crippen molar-refractivity contribution in [3.8, 4) is 22.6 Å². The van der Waals surface area contributed by atoms with E-state index >= 15 is 0 Å². The van der Waals surface area contributed by atoms with E-state index in [2.05, 4.69) is 9.44 Å². The van der Waals surface area contributed by atoms with Gasteiger partial charge >= 0.3 is 0 Å². The van der Waals surface area contributed by atoms with E-state index in [-0.39, 0.29) is 23.3 Å². The number of hydrogen-bond acceptors (Lipinski definition) is 6. The molecule has 2 aromatic rings. The summed E-state index contributed by atoms with van der Waals surface area (Å²) in [5.41, 5.74) is 2.20. The van der Waals surface area contributed by atoms with E-state index in [1.807, 2.05) is 27.7 Å². The van der Waals surface area contributed by atoms with Crippen LogP contribution in [-0.2, 0) is 20.0 Å². The average Bonchev–Trinajstić information content (AvgIpc) is 2.66. The molecule has 0 atom stereocenters. The number of hydrogen-bond donors (Lipinski definition) is 2. The third-order valence-corrected chi connectivity index (χ3v) is 7.65. The first-order chi connectivity index (χ1) is 14.9. The Hall–Kier alpha value is -2.46. The van der Waals surface area contributed by atoms with Gasteiger partial charge in [0.25, 0.3) is 0 Å². The van der Waals surface area contributed by atoms with Gasteiger partial charge in [0.15, 0.2) is 0 Å². The van der Waals surface area contributed by atoms with Crippen LogP contribution in [0.1, 0.15) is 27.7 Å². The van der Waals surface area contributed by atoms with E-state index in [0.717, 1.165) is 11.1 Å². The van der Waals surface area contributed by atoms with Crippen molar-refractivity contribution in [2.24, 2.45) is 11.8 Å². The maximum absolute atomic E-state index is 12.3. The summed E-state index contributed by atoms with van der Waals surface area (Å²) in [6, 6.07) is 10.2. The molecule has 10 heteroatoms. The second-order valence-electron chi connectivity index (χ2n) is 8.38. The van der Waals surface area contributed by atoms with Gasteiger partial charge in [0.05, 0.1) is 37.1 Å². The van der Waals surface area contributed by atoms with Crippen molar-refractivity contribution in [3.63, 3.8) is 0 Å². The molecule has 0 unspecified atom stereocenters. The average molecular weight is 485 g/mol. The van der Waals surface area contributed by atoms with Crippen LogP contribution in [0.5, 0.6) is 11.5 Å². The van der Waals surface area contributed by atoms with Gasteiger partial charge in [-0.15, -0.1) is 0 Å².